The average molecular weight is 373 g/mol. The number of sulfone groups is 1. The van der Waals surface area contributed by atoms with Crippen molar-refractivity contribution in [3.63, 3.8) is 0 Å². The van der Waals surface area contributed by atoms with Crippen molar-refractivity contribution < 1.29 is 13.2 Å². The zero-order valence-electron chi connectivity index (χ0n) is 14.9. The predicted octanol–water partition coefficient (Wildman–Crippen LogP) is 2.20. The van der Waals surface area contributed by atoms with Crippen LogP contribution in [0.4, 0.5) is 5.69 Å². The highest BCUT2D eigenvalue weighted by atomic mass is 32.2. The lowest BCUT2D eigenvalue weighted by Crippen LogP contribution is -2.33. The van der Waals surface area contributed by atoms with Crippen LogP contribution in [0.25, 0.3) is 0 Å². The Labute approximate surface area is 154 Å². The summed E-state index contributed by atoms with van der Waals surface area (Å²) < 4.78 is 23.4. The highest BCUT2D eigenvalue weighted by Gasteiger charge is 2.31. The number of benzene rings is 1. The molecule has 7 heteroatoms. The Hall–Kier alpha value is -2.41. The van der Waals surface area contributed by atoms with Crippen LogP contribution in [0.15, 0.2) is 48.7 Å². The van der Waals surface area contributed by atoms with Crippen LogP contribution in [0.2, 0.25) is 0 Å². The zero-order chi connectivity index (χ0) is 18.7. The first kappa shape index (κ1) is 18.4. The summed E-state index contributed by atoms with van der Waals surface area (Å²) in [5.41, 5.74) is 2.13. The molecular weight excluding hydrogens is 350 g/mol. The maximum Gasteiger partial charge on any atom is 0.270 e. The second kappa shape index (κ2) is 7.45. The molecule has 6 nitrogen and oxygen atoms in total. The van der Waals surface area contributed by atoms with Gasteiger partial charge in [-0.3, -0.25) is 9.78 Å². The summed E-state index contributed by atoms with van der Waals surface area (Å²) in [6, 6.07) is 13.0. The largest absolute Gasteiger partial charge is 0.370 e. The maximum atomic E-state index is 12.5. The molecule has 0 saturated carbocycles. The third kappa shape index (κ3) is 4.22. The van der Waals surface area contributed by atoms with Crippen molar-refractivity contribution in [3.8, 4) is 0 Å². The zero-order valence-corrected chi connectivity index (χ0v) is 15.7. The fraction of sp³-hybridized carbons (Fsp3) is 0.368. The van der Waals surface area contributed by atoms with Gasteiger partial charge in [-0.25, -0.2) is 8.42 Å². The molecule has 26 heavy (non-hydrogen) atoms. The first-order valence-corrected chi connectivity index (χ1v) is 10.4. The number of anilines is 1. The number of hydrogen-bond donors (Lipinski definition) is 1. The molecule has 2 unspecified atom stereocenters. The fourth-order valence-corrected chi connectivity index (χ4v) is 4.92. The van der Waals surface area contributed by atoms with Crippen LogP contribution in [0.5, 0.6) is 0 Å². The molecule has 0 radical (unpaired) electrons. The molecule has 0 bridgehead atoms. The Morgan fingerprint density at radius 2 is 2.00 bits per heavy atom. The third-order valence-corrected chi connectivity index (χ3v) is 6.54. The molecule has 1 aliphatic rings. The fourth-order valence-electron chi connectivity index (χ4n) is 3.15. The molecule has 2 aromatic rings. The number of pyridine rings is 1. The van der Waals surface area contributed by atoms with E-state index in [1.165, 1.54) is 0 Å². The van der Waals surface area contributed by atoms with Gasteiger partial charge in [0.25, 0.3) is 5.91 Å². The topological polar surface area (TPSA) is 79.4 Å². The number of hydrogen-bond acceptors (Lipinski definition) is 5. The van der Waals surface area contributed by atoms with E-state index >= 15 is 0 Å². The molecule has 2 heterocycles. The molecule has 1 saturated heterocycles. The minimum atomic E-state index is -2.96. The lowest BCUT2D eigenvalue weighted by Gasteiger charge is -2.25. The van der Waals surface area contributed by atoms with Gasteiger partial charge in [0.2, 0.25) is 0 Å². The Bertz CT molecular complexity index is 884. The number of nitrogens with zero attached hydrogens (tertiary/aromatic N) is 2. The molecular formula is C19H23N3O3S. The summed E-state index contributed by atoms with van der Waals surface area (Å²) >= 11 is 0. The minimum absolute atomic E-state index is 0.0680. The van der Waals surface area contributed by atoms with E-state index in [1.807, 2.05) is 49.2 Å². The van der Waals surface area contributed by atoms with Gasteiger partial charge in [-0.15, -0.1) is 0 Å². The van der Waals surface area contributed by atoms with E-state index in [9.17, 15) is 13.2 Å². The minimum Gasteiger partial charge on any atom is -0.370 e. The first-order valence-electron chi connectivity index (χ1n) is 8.61. The van der Waals surface area contributed by atoms with Gasteiger partial charge in [0, 0.05) is 25.0 Å². The van der Waals surface area contributed by atoms with Gasteiger partial charge in [-0.05, 0) is 31.0 Å². The molecule has 0 aliphatic carbocycles. The first-order chi connectivity index (χ1) is 12.4. The third-order valence-electron chi connectivity index (χ3n) is 4.79. The molecule has 1 aromatic heterocycles. The van der Waals surface area contributed by atoms with Gasteiger partial charge in [0.05, 0.1) is 17.5 Å². The van der Waals surface area contributed by atoms with Crippen LogP contribution < -0.4 is 10.2 Å². The van der Waals surface area contributed by atoms with E-state index < -0.39 is 9.84 Å². The van der Waals surface area contributed by atoms with E-state index in [0.29, 0.717) is 12.1 Å². The van der Waals surface area contributed by atoms with Gasteiger partial charge in [-0.2, -0.15) is 0 Å². The van der Waals surface area contributed by atoms with Crippen molar-refractivity contribution in [1.29, 1.82) is 0 Å². The Kier molecular flexibility index (Phi) is 5.27. The quantitative estimate of drug-likeness (QED) is 0.869. The van der Waals surface area contributed by atoms with E-state index in [4.69, 9.17) is 0 Å². The highest BCUT2D eigenvalue weighted by molar-refractivity contribution is 7.91. The van der Waals surface area contributed by atoms with E-state index in [1.54, 1.807) is 18.3 Å². The monoisotopic (exact) mass is 373 g/mol. The second-order valence-electron chi connectivity index (χ2n) is 6.67. The van der Waals surface area contributed by atoms with E-state index in [0.717, 1.165) is 11.3 Å². The molecule has 1 fully saturated rings. The summed E-state index contributed by atoms with van der Waals surface area (Å²) in [4.78, 5) is 18.6. The molecule has 1 amide bonds. The number of carbonyl (C=O) groups excluding carboxylic acids is 1. The summed E-state index contributed by atoms with van der Waals surface area (Å²) in [6.07, 6.45) is 2.19. The number of rotatable bonds is 5. The second-order valence-corrected chi connectivity index (χ2v) is 8.90. The summed E-state index contributed by atoms with van der Waals surface area (Å²) in [7, 11) is -1.10. The number of aromatic nitrogens is 1. The molecule has 3 rings (SSSR count). The highest BCUT2D eigenvalue weighted by Crippen LogP contribution is 2.23. The van der Waals surface area contributed by atoms with Crippen molar-refractivity contribution in [2.45, 2.75) is 25.4 Å². The van der Waals surface area contributed by atoms with Crippen molar-refractivity contribution in [2.24, 2.45) is 0 Å². The van der Waals surface area contributed by atoms with Crippen LogP contribution in [-0.4, -0.2) is 43.9 Å². The van der Waals surface area contributed by atoms with Crippen LogP contribution in [0.3, 0.4) is 0 Å². The Morgan fingerprint density at radius 1 is 1.27 bits per heavy atom. The summed E-state index contributed by atoms with van der Waals surface area (Å²) in [5, 5.41) is 2.95. The molecule has 1 N–H and O–H groups in total. The maximum absolute atomic E-state index is 12.5. The Balaban J connectivity index is 1.71. The van der Waals surface area contributed by atoms with Gasteiger partial charge in [0.15, 0.2) is 9.84 Å². The molecule has 0 spiro atoms. The van der Waals surface area contributed by atoms with Crippen LogP contribution >= 0.6 is 0 Å². The van der Waals surface area contributed by atoms with Crippen LogP contribution in [0, 0.1) is 0 Å². The van der Waals surface area contributed by atoms with Crippen molar-refractivity contribution >= 4 is 21.4 Å². The predicted molar refractivity (Wildman–Crippen MR) is 102 cm³/mol. The normalized spacial score (nSPS) is 19.7. The van der Waals surface area contributed by atoms with Gasteiger partial charge >= 0.3 is 0 Å². The van der Waals surface area contributed by atoms with Crippen molar-refractivity contribution in [3.05, 3.63) is 59.9 Å². The summed E-state index contributed by atoms with van der Waals surface area (Å²) in [5.74, 6) is 0.114. The van der Waals surface area contributed by atoms with Crippen molar-refractivity contribution in [2.75, 3.05) is 23.5 Å². The molecule has 1 aromatic carbocycles. The SMILES string of the molecule is CC(NC(=O)c1cc(N(C)C2CCS(=O)(=O)C2)ccn1)c1ccccc1. The standard InChI is InChI=1S/C19H23N3O3S/c1-14(15-6-4-3-5-7-15)21-19(23)18-12-16(8-10-20-18)22(2)17-9-11-26(24,25)13-17/h3-8,10,12,14,17H,9,11,13H2,1-2H3,(H,21,23). The van der Waals surface area contributed by atoms with Crippen LogP contribution in [0.1, 0.15) is 35.4 Å². The van der Waals surface area contributed by atoms with Gasteiger partial charge in [0.1, 0.15) is 5.69 Å². The number of amides is 1. The lowest BCUT2D eigenvalue weighted by atomic mass is 10.1. The summed E-state index contributed by atoms with van der Waals surface area (Å²) in [6.45, 7) is 1.92. The van der Waals surface area contributed by atoms with Crippen molar-refractivity contribution in [1.82, 2.24) is 10.3 Å². The Morgan fingerprint density at radius 3 is 2.65 bits per heavy atom. The molecule has 2 atom stereocenters. The average Bonchev–Trinajstić information content (AvgIpc) is 3.01. The number of carbonyl (C=O) groups is 1. The molecule has 1 aliphatic heterocycles. The van der Waals surface area contributed by atoms with Gasteiger partial charge < -0.3 is 10.2 Å². The number of nitrogens with one attached hydrogen (secondary N) is 1. The smallest absolute Gasteiger partial charge is 0.270 e. The molecule has 138 valence electrons. The van der Waals surface area contributed by atoms with E-state index in [2.05, 4.69) is 10.3 Å². The van der Waals surface area contributed by atoms with Crippen LogP contribution in [-0.2, 0) is 9.84 Å². The van der Waals surface area contributed by atoms with E-state index in [-0.39, 0.29) is 29.5 Å². The van der Waals surface area contributed by atoms with Gasteiger partial charge in [-0.1, -0.05) is 30.3 Å². The lowest BCUT2D eigenvalue weighted by molar-refractivity contribution is 0.0935.